The van der Waals surface area contributed by atoms with Crippen LogP contribution in [0.25, 0.3) is 6.08 Å². The number of imide groups is 1. The van der Waals surface area contributed by atoms with Gasteiger partial charge in [0.1, 0.15) is 18.9 Å². The van der Waals surface area contributed by atoms with E-state index in [1.54, 1.807) is 23.1 Å². The van der Waals surface area contributed by atoms with Gasteiger partial charge in [-0.05, 0) is 74.7 Å². The molecule has 3 amide bonds. The molecule has 2 saturated heterocycles. The van der Waals surface area contributed by atoms with Crippen LogP contribution in [0, 0.1) is 5.92 Å². The van der Waals surface area contributed by atoms with Gasteiger partial charge >= 0.3 is 0 Å². The zero-order valence-electron chi connectivity index (χ0n) is 22.4. The van der Waals surface area contributed by atoms with Crippen molar-refractivity contribution in [3.63, 3.8) is 0 Å². The fourth-order valence-electron chi connectivity index (χ4n) is 4.62. The molecule has 0 atom stereocenters. The van der Waals surface area contributed by atoms with E-state index in [1.165, 1.54) is 0 Å². The average Bonchev–Trinajstić information content (AvgIpc) is 3.17. The highest BCUT2D eigenvalue weighted by atomic mass is 35.5. The highest BCUT2D eigenvalue weighted by molar-refractivity contribution is 8.18. The Labute approximate surface area is 244 Å². The first-order valence-electron chi connectivity index (χ1n) is 13.2. The largest absolute Gasteiger partial charge is 0.488 e. The molecule has 0 aliphatic carbocycles. The van der Waals surface area contributed by atoms with Crippen LogP contribution >= 0.6 is 35.0 Å². The lowest BCUT2D eigenvalue weighted by molar-refractivity contribution is -0.136. The second-order valence-corrected chi connectivity index (χ2v) is 11.6. The van der Waals surface area contributed by atoms with Crippen molar-refractivity contribution in [2.75, 3.05) is 37.6 Å². The zero-order chi connectivity index (χ0) is 28.1. The summed E-state index contributed by atoms with van der Waals surface area (Å²) in [5, 5.41) is 0.593. The average molecular weight is 591 g/mol. The van der Waals surface area contributed by atoms with Gasteiger partial charge in [0.25, 0.3) is 11.1 Å². The minimum absolute atomic E-state index is 0.196. The van der Waals surface area contributed by atoms with Crippen LogP contribution in [0.1, 0.15) is 44.7 Å². The molecule has 10 heteroatoms. The molecule has 0 radical (unpaired) electrons. The van der Waals surface area contributed by atoms with Crippen molar-refractivity contribution < 1.29 is 19.1 Å². The summed E-state index contributed by atoms with van der Waals surface area (Å²) in [4.78, 5) is 43.9. The van der Waals surface area contributed by atoms with Gasteiger partial charge in [-0.15, -0.1) is 0 Å². The molecule has 0 spiro atoms. The fraction of sp³-hybridized carbons (Fsp3) is 0.414. The Morgan fingerprint density at radius 3 is 2.49 bits per heavy atom. The summed E-state index contributed by atoms with van der Waals surface area (Å²) in [6, 6.07) is 11.0. The van der Waals surface area contributed by atoms with Crippen LogP contribution in [-0.4, -0.2) is 59.6 Å². The molecule has 2 aliphatic heterocycles. The van der Waals surface area contributed by atoms with Crippen LogP contribution in [-0.2, 0) is 16.2 Å². The Morgan fingerprint density at radius 1 is 1.10 bits per heavy atom. The third-order valence-corrected chi connectivity index (χ3v) is 8.61. The number of anilines is 1. The number of hydrogen-bond acceptors (Lipinski definition) is 6. The number of benzene rings is 2. The molecule has 2 aromatic carbocycles. The van der Waals surface area contributed by atoms with Crippen LogP contribution in [0.3, 0.4) is 0 Å². The first kappa shape index (κ1) is 29.3. The van der Waals surface area contributed by atoms with E-state index in [1.807, 2.05) is 24.3 Å². The Balaban J connectivity index is 1.56. The number of piperidine rings is 1. The van der Waals surface area contributed by atoms with Crippen molar-refractivity contribution in [2.45, 2.75) is 40.2 Å². The van der Waals surface area contributed by atoms with Crippen LogP contribution in [0.5, 0.6) is 5.75 Å². The van der Waals surface area contributed by atoms with E-state index in [0.29, 0.717) is 40.4 Å². The van der Waals surface area contributed by atoms with Crippen LogP contribution < -0.4 is 9.64 Å². The third-order valence-electron chi connectivity index (χ3n) is 7.11. The lowest BCUT2D eigenvalue weighted by Crippen LogP contribution is -2.45. The summed E-state index contributed by atoms with van der Waals surface area (Å²) in [7, 11) is 0. The molecule has 4 rings (SSSR count). The van der Waals surface area contributed by atoms with Crippen LogP contribution in [0.4, 0.5) is 10.5 Å². The van der Waals surface area contributed by atoms with E-state index >= 15 is 0 Å². The topological polar surface area (TPSA) is 70.2 Å². The summed E-state index contributed by atoms with van der Waals surface area (Å²) in [5.74, 6) is 0.464. The second-order valence-electron chi connectivity index (χ2n) is 9.75. The van der Waals surface area contributed by atoms with Gasteiger partial charge in [-0.3, -0.25) is 19.3 Å². The molecule has 0 saturated carbocycles. The molecule has 39 heavy (non-hydrogen) atoms. The quantitative estimate of drug-likeness (QED) is 0.303. The molecule has 2 aliphatic rings. The minimum Gasteiger partial charge on any atom is -0.488 e. The van der Waals surface area contributed by atoms with Gasteiger partial charge in [-0.2, -0.15) is 0 Å². The van der Waals surface area contributed by atoms with E-state index < -0.39 is 11.1 Å². The number of nitrogens with zero attached hydrogens (tertiary/aromatic N) is 3. The van der Waals surface area contributed by atoms with Crippen molar-refractivity contribution in [2.24, 2.45) is 5.92 Å². The van der Waals surface area contributed by atoms with Crippen LogP contribution in [0.2, 0.25) is 10.0 Å². The van der Waals surface area contributed by atoms with Crippen molar-refractivity contribution in [1.82, 2.24) is 9.80 Å². The Bertz CT molecular complexity index is 1270. The maximum atomic E-state index is 13.2. The van der Waals surface area contributed by atoms with Crippen molar-refractivity contribution in [1.29, 1.82) is 0 Å². The predicted octanol–water partition coefficient (Wildman–Crippen LogP) is 6.71. The first-order chi connectivity index (χ1) is 18.7. The molecule has 208 valence electrons. The van der Waals surface area contributed by atoms with Gasteiger partial charge < -0.3 is 14.5 Å². The zero-order valence-corrected chi connectivity index (χ0v) is 24.7. The second kappa shape index (κ2) is 13.1. The molecule has 7 nitrogen and oxygen atoms in total. The van der Waals surface area contributed by atoms with Crippen LogP contribution in [0.15, 0.2) is 41.3 Å². The monoisotopic (exact) mass is 589 g/mol. The standard InChI is InChI=1S/C29H33Cl2N3O4S/c1-4-32(5-2)23-9-7-20(25(16-23)38-18-21-6-8-22(30)15-24(21)31)14-26-28(36)34(29(37)39-26)17-27(35)33-12-10-19(3)11-13-33/h6-9,14-16,19H,4-5,10-13,17-18H2,1-3H3/b26-14+. The number of thioether (sulfide) groups is 1. The number of ether oxygens (including phenoxy) is 1. The maximum Gasteiger partial charge on any atom is 0.294 e. The molecule has 2 heterocycles. The number of carbonyl (C=O) groups excluding carboxylic acids is 3. The number of rotatable bonds is 9. The van der Waals surface area contributed by atoms with Crippen molar-refractivity contribution in [3.8, 4) is 5.75 Å². The molecule has 0 N–H and O–H groups in total. The lowest BCUT2D eigenvalue weighted by atomic mass is 9.99. The van der Waals surface area contributed by atoms with Crippen molar-refractivity contribution >= 4 is 63.8 Å². The van der Waals surface area contributed by atoms with Gasteiger partial charge in [0, 0.05) is 59.1 Å². The molecular weight excluding hydrogens is 557 g/mol. The van der Waals surface area contributed by atoms with Gasteiger partial charge in [-0.25, -0.2) is 0 Å². The normalized spacial score (nSPS) is 17.3. The molecule has 2 fully saturated rings. The number of halogens is 2. The number of likely N-dealkylation sites (tertiary alicyclic amines) is 1. The van der Waals surface area contributed by atoms with E-state index in [0.717, 1.165) is 53.8 Å². The van der Waals surface area contributed by atoms with Gasteiger partial charge in [-0.1, -0.05) is 36.2 Å². The smallest absolute Gasteiger partial charge is 0.294 e. The first-order valence-corrected chi connectivity index (χ1v) is 14.8. The van der Waals surface area contributed by atoms with E-state index in [2.05, 4.69) is 25.7 Å². The third kappa shape index (κ3) is 7.10. The molecule has 2 aromatic rings. The minimum atomic E-state index is -0.469. The molecule has 0 bridgehead atoms. The fourth-order valence-corrected chi connectivity index (χ4v) is 5.91. The summed E-state index contributed by atoms with van der Waals surface area (Å²) in [5.41, 5.74) is 2.40. The SMILES string of the molecule is CCN(CC)c1ccc(/C=C2/SC(=O)N(CC(=O)N3CCC(C)CC3)C2=O)c(OCc2ccc(Cl)cc2Cl)c1. The maximum absolute atomic E-state index is 13.2. The number of amides is 3. The van der Waals surface area contributed by atoms with Crippen molar-refractivity contribution in [3.05, 3.63) is 62.5 Å². The van der Waals surface area contributed by atoms with Gasteiger partial charge in [0.05, 0.1) is 4.91 Å². The van der Waals surface area contributed by atoms with E-state index in [9.17, 15) is 14.4 Å². The molecular formula is C29H33Cl2N3O4S. The number of carbonyl (C=O) groups is 3. The Morgan fingerprint density at radius 2 is 1.82 bits per heavy atom. The predicted molar refractivity (Wildman–Crippen MR) is 158 cm³/mol. The highest BCUT2D eigenvalue weighted by Gasteiger charge is 2.37. The van der Waals surface area contributed by atoms with Gasteiger partial charge in [0.15, 0.2) is 0 Å². The highest BCUT2D eigenvalue weighted by Crippen LogP contribution is 2.36. The Hall–Kier alpha value is -2.68. The molecule has 0 unspecified atom stereocenters. The summed E-state index contributed by atoms with van der Waals surface area (Å²) >= 11 is 13.2. The van der Waals surface area contributed by atoms with Gasteiger partial charge in [0.2, 0.25) is 5.91 Å². The van der Waals surface area contributed by atoms with E-state index in [4.69, 9.17) is 27.9 Å². The van der Waals surface area contributed by atoms with E-state index in [-0.39, 0.29) is 24.0 Å². The lowest BCUT2D eigenvalue weighted by Gasteiger charge is -2.31. The molecule has 0 aromatic heterocycles. The summed E-state index contributed by atoms with van der Waals surface area (Å²) in [6.45, 7) is 9.23. The summed E-state index contributed by atoms with van der Waals surface area (Å²) < 4.78 is 6.20. The number of hydrogen-bond donors (Lipinski definition) is 0. The Kier molecular flexibility index (Phi) is 9.86. The summed E-state index contributed by atoms with van der Waals surface area (Å²) in [6.07, 6.45) is 3.52.